The van der Waals surface area contributed by atoms with Crippen LogP contribution in [0.2, 0.25) is 0 Å². The maximum absolute atomic E-state index is 6.47. The maximum atomic E-state index is 6.47. The fourth-order valence-electron chi connectivity index (χ4n) is 8.40. The highest BCUT2D eigenvalue weighted by Crippen LogP contribution is 2.38. The van der Waals surface area contributed by atoms with E-state index in [1.54, 1.807) is 0 Å². The summed E-state index contributed by atoms with van der Waals surface area (Å²) >= 11 is 0. The molecule has 0 spiro atoms. The van der Waals surface area contributed by atoms with Crippen LogP contribution in [0.1, 0.15) is 33.4 Å². The molecule has 0 aromatic heterocycles. The third kappa shape index (κ3) is 23.5. The van der Waals surface area contributed by atoms with Gasteiger partial charge in [-0.15, -0.1) is 23.8 Å². The van der Waals surface area contributed by atoms with Gasteiger partial charge in [-0.1, -0.05) is 182 Å². The lowest BCUT2D eigenvalue weighted by Crippen LogP contribution is -2.34. The number of aryl methyl sites for hydroxylation is 6. The van der Waals surface area contributed by atoms with Crippen molar-refractivity contribution in [2.45, 2.75) is 38.5 Å². The maximum Gasteiger partial charge on any atom is 0.0593 e. The van der Waals surface area contributed by atoms with E-state index in [1.807, 2.05) is 0 Å². The molecule has 0 amide bonds. The topological polar surface area (TPSA) is 30.9 Å². The number of nitrogens with zero attached hydrogens (tertiary/aromatic N) is 1. The third-order valence-corrected chi connectivity index (χ3v) is 20.2. The van der Waals surface area contributed by atoms with Crippen LogP contribution in [-0.2, 0) is 52.7 Å². The molecule has 67 heavy (non-hydrogen) atoms. The molecule has 0 aliphatic rings. The molecular weight excluding hydrogens is 876 g/mol. The number of ether oxygens (including phenoxy) is 3. The van der Waals surface area contributed by atoms with Gasteiger partial charge in [0.25, 0.3) is 0 Å². The molecule has 0 saturated carbocycles. The van der Waals surface area contributed by atoms with E-state index in [-0.39, 0.29) is 23.8 Å². The first-order valence-corrected chi connectivity index (χ1v) is 30.8. The molecule has 0 heterocycles. The van der Waals surface area contributed by atoms with Crippen LogP contribution in [0.15, 0.2) is 182 Å². The summed E-state index contributed by atoms with van der Waals surface area (Å²) in [6.07, 6.45) is 18.0. The van der Waals surface area contributed by atoms with Gasteiger partial charge >= 0.3 is 0 Å². The Kier molecular flexibility index (Phi) is 26.7. The van der Waals surface area contributed by atoms with Gasteiger partial charge in [-0.05, 0) is 127 Å². The van der Waals surface area contributed by atoms with Crippen molar-refractivity contribution in [2.75, 3.05) is 115 Å². The lowest BCUT2D eigenvalue weighted by atomic mass is 10.2. The minimum atomic E-state index is -0.119. The van der Waals surface area contributed by atoms with Gasteiger partial charge < -0.3 is 14.2 Å². The SMILES string of the molecule is c1ccc(CCP(CCOCCN(CCOCCP(CCc2ccccc2)CCc2ccccc2)CCOCCP(CCc2ccccc2)CCc2ccccc2)CCc2ccccc2)cc1. The standard InChI is InChI=1S/C60H78NO3P3/c1-7-19-55(20-8-1)31-46-65(47-32-56-21-9-2-10-22-56)52-43-62-40-37-61(38-41-63-44-53-66(48-33-57-23-11-3-12-24-57)49-34-58-25-13-4-14-26-58)39-42-64-45-54-67(50-35-59-27-15-5-16-28-59)51-36-60-29-17-6-18-30-60/h1-30H,31-54H2. The van der Waals surface area contributed by atoms with E-state index in [1.165, 1.54) is 70.4 Å². The van der Waals surface area contributed by atoms with Crippen LogP contribution in [0, 0.1) is 0 Å². The molecule has 0 aliphatic heterocycles. The van der Waals surface area contributed by atoms with Crippen molar-refractivity contribution in [3.05, 3.63) is 215 Å². The van der Waals surface area contributed by atoms with Gasteiger partial charge in [0.05, 0.1) is 39.6 Å². The number of hydrogen-bond acceptors (Lipinski definition) is 4. The summed E-state index contributed by atoms with van der Waals surface area (Å²) in [5.41, 5.74) is 8.68. The van der Waals surface area contributed by atoms with Gasteiger partial charge in [-0.25, -0.2) is 0 Å². The third-order valence-electron chi connectivity index (χ3n) is 12.7. The van der Waals surface area contributed by atoms with Crippen molar-refractivity contribution >= 4 is 23.8 Å². The largest absolute Gasteiger partial charge is 0.380 e. The second-order valence-electron chi connectivity index (χ2n) is 17.6. The first-order chi connectivity index (χ1) is 33.2. The van der Waals surface area contributed by atoms with Gasteiger partial charge in [-0.2, -0.15) is 0 Å². The highest BCUT2D eigenvalue weighted by atomic mass is 31.1. The molecule has 6 rings (SSSR count). The first kappa shape index (κ1) is 52.8. The van der Waals surface area contributed by atoms with E-state index >= 15 is 0 Å². The van der Waals surface area contributed by atoms with Gasteiger partial charge in [0.1, 0.15) is 0 Å². The molecule has 6 aromatic carbocycles. The Morgan fingerprint density at radius 3 is 0.627 bits per heavy atom. The highest BCUT2D eigenvalue weighted by Gasteiger charge is 2.14. The predicted octanol–water partition coefficient (Wildman–Crippen LogP) is 13.2. The molecule has 0 radical (unpaired) electrons. The number of rotatable bonds is 36. The van der Waals surface area contributed by atoms with Gasteiger partial charge in [0.2, 0.25) is 0 Å². The first-order valence-electron chi connectivity index (χ1n) is 25.1. The zero-order chi connectivity index (χ0) is 46.1. The summed E-state index contributed by atoms with van der Waals surface area (Å²) in [7, 11) is -0.358. The molecule has 356 valence electrons. The lowest BCUT2D eigenvalue weighted by Gasteiger charge is -2.24. The lowest BCUT2D eigenvalue weighted by molar-refractivity contribution is 0.0616. The summed E-state index contributed by atoms with van der Waals surface area (Å²) < 4.78 is 19.4. The van der Waals surface area contributed by atoms with Crippen LogP contribution in [0.5, 0.6) is 0 Å². The van der Waals surface area contributed by atoms with Crippen LogP contribution in [0.25, 0.3) is 0 Å². The van der Waals surface area contributed by atoms with E-state index < -0.39 is 0 Å². The van der Waals surface area contributed by atoms with E-state index in [0.717, 1.165) is 116 Å². The molecular formula is C60H78NO3P3. The zero-order valence-electron chi connectivity index (χ0n) is 40.3. The Morgan fingerprint density at radius 2 is 0.433 bits per heavy atom. The van der Waals surface area contributed by atoms with Gasteiger partial charge in [0, 0.05) is 19.6 Å². The van der Waals surface area contributed by atoms with Crippen LogP contribution in [0.3, 0.4) is 0 Å². The second-order valence-corrected chi connectivity index (χ2v) is 25.7. The van der Waals surface area contributed by atoms with Crippen molar-refractivity contribution in [3.8, 4) is 0 Å². The molecule has 0 saturated heterocycles. The van der Waals surface area contributed by atoms with Crippen LogP contribution >= 0.6 is 23.8 Å². The van der Waals surface area contributed by atoms with Crippen LogP contribution in [-0.4, -0.2) is 120 Å². The predicted molar refractivity (Wildman–Crippen MR) is 294 cm³/mol. The Labute approximate surface area is 409 Å². The fourth-order valence-corrected chi connectivity index (χ4v) is 15.0. The van der Waals surface area contributed by atoms with Crippen molar-refractivity contribution in [2.24, 2.45) is 0 Å². The molecule has 0 aliphatic carbocycles. The van der Waals surface area contributed by atoms with E-state index in [9.17, 15) is 0 Å². The van der Waals surface area contributed by atoms with Gasteiger partial charge in [0.15, 0.2) is 0 Å². The van der Waals surface area contributed by atoms with E-state index in [4.69, 9.17) is 14.2 Å². The quantitative estimate of drug-likeness (QED) is 0.0290. The molecule has 7 heteroatoms. The Bertz CT molecular complexity index is 1690. The van der Waals surface area contributed by atoms with Crippen molar-refractivity contribution in [1.29, 1.82) is 0 Å². The van der Waals surface area contributed by atoms with Gasteiger partial charge in [-0.3, -0.25) is 4.90 Å². The minimum absolute atomic E-state index is 0.119. The number of hydrogen-bond donors (Lipinski definition) is 0. The summed E-state index contributed by atoms with van der Waals surface area (Å²) in [5, 5.41) is 0. The molecule has 4 nitrogen and oxygen atoms in total. The Balaban J connectivity index is 0.972. The summed E-state index contributed by atoms with van der Waals surface area (Å²) in [6, 6.07) is 66.1. The van der Waals surface area contributed by atoms with Crippen molar-refractivity contribution in [3.63, 3.8) is 0 Å². The average Bonchev–Trinajstić information content (AvgIpc) is 3.39. The van der Waals surface area contributed by atoms with E-state index in [2.05, 4.69) is 187 Å². The van der Waals surface area contributed by atoms with E-state index in [0.29, 0.717) is 0 Å². The van der Waals surface area contributed by atoms with Crippen molar-refractivity contribution < 1.29 is 14.2 Å². The van der Waals surface area contributed by atoms with Crippen LogP contribution in [0.4, 0.5) is 0 Å². The summed E-state index contributed by atoms with van der Waals surface area (Å²) in [6.45, 7) is 7.45. The minimum Gasteiger partial charge on any atom is -0.380 e. The highest BCUT2D eigenvalue weighted by molar-refractivity contribution is 7.58. The van der Waals surface area contributed by atoms with Crippen LogP contribution < -0.4 is 0 Å². The Hall–Kier alpha value is -3.55. The smallest absolute Gasteiger partial charge is 0.0593 e. The molecule has 0 fully saturated rings. The molecule has 0 unspecified atom stereocenters. The fraction of sp³-hybridized carbons (Fsp3) is 0.400. The number of benzene rings is 6. The normalized spacial score (nSPS) is 11.6. The zero-order valence-corrected chi connectivity index (χ0v) is 43.0. The molecule has 0 N–H and O–H groups in total. The molecule has 0 bridgehead atoms. The van der Waals surface area contributed by atoms with Crippen molar-refractivity contribution in [1.82, 2.24) is 4.90 Å². The molecule has 0 atom stereocenters. The monoisotopic (exact) mass is 954 g/mol. The Morgan fingerprint density at radius 1 is 0.239 bits per heavy atom. The average molecular weight is 954 g/mol. The summed E-state index contributed by atoms with van der Waals surface area (Å²) in [4.78, 5) is 2.52. The molecule has 6 aromatic rings. The summed E-state index contributed by atoms with van der Waals surface area (Å²) in [5.74, 6) is 0. The second kappa shape index (κ2) is 33.9.